The second-order valence-corrected chi connectivity index (χ2v) is 11.2. The zero-order chi connectivity index (χ0) is 23.5. The van der Waals surface area contributed by atoms with Crippen molar-refractivity contribution in [2.75, 3.05) is 0 Å². The van der Waals surface area contributed by atoms with E-state index in [9.17, 15) is 9.18 Å². The van der Waals surface area contributed by atoms with Gasteiger partial charge in [-0.2, -0.15) is 4.98 Å². The Bertz CT molecular complexity index is 1390. The number of halogens is 1. The van der Waals surface area contributed by atoms with Gasteiger partial charge in [-0.05, 0) is 74.3 Å². The molecule has 0 spiro atoms. The van der Waals surface area contributed by atoms with Gasteiger partial charge in [-0.1, -0.05) is 25.9 Å². The van der Waals surface area contributed by atoms with Gasteiger partial charge < -0.3 is 4.52 Å². The highest BCUT2D eigenvalue weighted by molar-refractivity contribution is 7.19. The molecule has 33 heavy (non-hydrogen) atoms. The van der Waals surface area contributed by atoms with Gasteiger partial charge in [-0.25, -0.2) is 9.18 Å². The van der Waals surface area contributed by atoms with E-state index in [2.05, 4.69) is 30.9 Å². The molecule has 0 fully saturated rings. The molecule has 0 amide bonds. The Hall–Kier alpha value is -2.80. The number of benzene rings is 1. The van der Waals surface area contributed by atoms with Crippen LogP contribution in [-0.2, 0) is 19.4 Å². The molecule has 5 rings (SSSR count). The van der Waals surface area contributed by atoms with Gasteiger partial charge in [-0.3, -0.25) is 4.57 Å². The highest BCUT2D eigenvalue weighted by Crippen LogP contribution is 2.45. The van der Waals surface area contributed by atoms with Crippen LogP contribution in [0.25, 0.3) is 21.5 Å². The molecular weight excluding hydrogens is 437 g/mol. The maximum Gasteiger partial charge on any atom is 0.349 e. The average Bonchev–Trinajstić information content (AvgIpc) is 3.29. The largest absolute Gasteiger partial charge is 0.361 e. The van der Waals surface area contributed by atoms with Gasteiger partial charge in [0.2, 0.25) is 0 Å². The van der Waals surface area contributed by atoms with E-state index in [1.807, 2.05) is 13.8 Å². The molecule has 0 aliphatic heterocycles. The van der Waals surface area contributed by atoms with Crippen LogP contribution in [0.4, 0.5) is 4.39 Å². The molecule has 1 atom stereocenters. The van der Waals surface area contributed by atoms with Crippen molar-refractivity contribution in [2.24, 2.45) is 11.3 Å². The van der Waals surface area contributed by atoms with E-state index in [4.69, 9.17) is 4.52 Å². The van der Waals surface area contributed by atoms with E-state index in [1.165, 1.54) is 22.6 Å². The van der Waals surface area contributed by atoms with Crippen molar-refractivity contribution in [3.63, 3.8) is 0 Å². The molecule has 5 nitrogen and oxygen atoms in total. The molecule has 0 radical (unpaired) electrons. The summed E-state index contributed by atoms with van der Waals surface area (Å²) in [6.07, 6.45) is 3.06. The van der Waals surface area contributed by atoms with Crippen molar-refractivity contribution in [2.45, 2.75) is 60.4 Å². The van der Waals surface area contributed by atoms with Gasteiger partial charge >= 0.3 is 5.69 Å². The summed E-state index contributed by atoms with van der Waals surface area (Å²) in [6, 6.07) is 6.26. The third kappa shape index (κ3) is 3.82. The fourth-order valence-electron chi connectivity index (χ4n) is 4.89. The normalized spacial score (nSPS) is 16.4. The number of aromatic nitrogens is 3. The number of aryl methyl sites for hydroxylation is 3. The van der Waals surface area contributed by atoms with Crippen LogP contribution in [0.15, 0.2) is 33.6 Å². The molecule has 0 N–H and O–H groups in total. The van der Waals surface area contributed by atoms with E-state index < -0.39 is 0 Å². The predicted molar refractivity (Wildman–Crippen MR) is 129 cm³/mol. The third-order valence-electron chi connectivity index (χ3n) is 7.01. The lowest BCUT2D eigenvalue weighted by Crippen LogP contribution is -2.26. The summed E-state index contributed by atoms with van der Waals surface area (Å²) in [6.45, 7) is 11.0. The van der Waals surface area contributed by atoms with E-state index in [1.54, 1.807) is 28.0 Å². The van der Waals surface area contributed by atoms with Crippen LogP contribution in [-0.4, -0.2) is 14.7 Å². The lowest BCUT2D eigenvalue weighted by Gasteiger charge is -2.33. The molecule has 0 saturated heterocycles. The highest BCUT2D eigenvalue weighted by atomic mass is 32.1. The minimum atomic E-state index is -0.312. The maximum atomic E-state index is 13.6. The molecule has 7 heteroatoms. The number of rotatable bonds is 3. The number of fused-ring (bicyclic) bond motifs is 3. The van der Waals surface area contributed by atoms with Crippen LogP contribution in [0.3, 0.4) is 0 Å². The van der Waals surface area contributed by atoms with Gasteiger partial charge in [0, 0.05) is 21.4 Å². The first-order chi connectivity index (χ1) is 15.6. The predicted octanol–water partition coefficient (Wildman–Crippen LogP) is 6.07. The zero-order valence-corrected chi connectivity index (χ0v) is 20.5. The topological polar surface area (TPSA) is 60.9 Å². The van der Waals surface area contributed by atoms with Crippen molar-refractivity contribution in [1.29, 1.82) is 0 Å². The molecule has 3 aromatic heterocycles. The van der Waals surface area contributed by atoms with E-state index in [0.29, 0.717) is 23.9 Å². The Labute approximate surface area is 196 Å². The van der Waals surface area contributed by atoms with Gasteiger partial charge in [0.05, 0.1) is 17.9 Å². The molecular formula is C26H28FN3O2S. The van der Waals surface area contributed by atoms with Crippen LogP contribution in [0.1, 0.15) is 54.7 Å². The summed E-state index contributed by atoms with van der Waals surface area (Å²) >= 11 is 1.70. The Morgan fingerprint density at radius 2 is 1.94 bits per heavy atom. The molecule has 0 saturated carbocycles. The SMILES string of the molecule is Cc1noc(C)c1Cn1c(=O)nc(-c2ccc(F)cc2)c2c3c(sc21)CC(C(C)(C)C)CC3. The van der Waals surface area contributed by atoms with Crippen molar-refractivity contribution in [3.8, 4) is 11.3 Å². The molecule has 4 aromatic rings. The summed E-state index contributed by atoms with van der Waals surface area (Å²) in [4.78, 5) is 20.1. The highest BCUT2D eigenvalue weighted by Gasteiger charge is 2.32. The van der Waals surface area contributed by atoms with Crippen molar-refractivity contribution < 1.29 is 8.91 Å². The minimum absolute atomic E-state index is 0.224. The van der Waals surface area contributed by atoms with Crippen LogP contribution >= 0.6 is 11.3 Å². The van der Waals surface area contributed by atoms with Gasteiger partial charge in [0.15, 0.2) is 0 Å². The maximum absolute atomic E-state index is 13.6. The molecule has 0 bridgehead atoms. The van der Waals surface area contributed by atoms with Crippen LogP contribution < -0.4 is 5.69 Å². The molecule has 1 aliphatic rings. The first-order valence-corrected chi connectivity index (χ1v) is 12.2. The summed E-state index contributed by atoms with van der Waals surface area (Å²) in [5.41, 5.74) is 4.31. The number of nitrogens with zero attached hydrogens (tertiary/aromatic N) is 3. The average molecular weight is 466 g/mol. The molecule has 1 aliphatic carbocycles. The quantitative estimate of drug-likeness (QED) is 0.369. The van der Waals surface area contributed by atoms with Crippen LogP contribution in [0, 0.1) is 31.0 Å². The van der Waals surface area contributed by atoms with Crippen LogP contribution in [0.5, 0.6) is 0 Å². The summed E-state index contributed by atoms with van der Waals surface area (Å²) in [5.74, 6) is 0.995. The van der Waals surface area contributed by atoms with Crippen molar-refractivity contribution >= 4 is 21.6 Å². The Balaban J connectivity index is 1.75. The van der Waals surface area contributed by atoms with Gasteiger partial charge in [0.1, 0.15) is 16.4 Å². The van der Waals surface area contributed by atoms with Gasteiger partial charge in [-0.15, -0.1) is 11.3 Å². The lowest BCUT2D eigenvalue weighted by molar-refractivity contribution is 0.218. The Morgan fingerprint density at radius 3 is 2.58 bits per heavy atom. The standard InChI is InChI=1S/C26H28FN3O2S/c1-14-20(15(2)32-29-14)13-30-24-22(19-11-8-17(26(3,4)5)12-21(19)33-24)23(28-25(30)31)16-6-9-18(27)10-7-16/h6-7,9-10,17H,8,11-13H2,1-5H3. The van der Waals surface area contributed by atoms with E-state index in [-0.39, 0.29) is 16.9 Å². The fourth-order valence-corrected chi connectivity index (χ4v) is 6.31. The Kier molecular flexibility index (Phi) is 5.27. The summed E-state index contributed by atoms with van der Waals surface area (Å²) in [7, 11) is 0. The van der Waals surface area contributed by atoms with E-state index >= 15 is 0 Å². The molecule has 3 heterocycles. The van der Waals surface area contributed by atoms with Crippen LogP contribution in [0.2, 0.25) is 0 Å². The molecule has 1 aromatic carbocycles. The number of thiophene rings is 1. The second kappa shape index (κ2) is 7.90. The molecule has 172 valence electrons. The molecule has 1 unspecified atom stereocenters. The van der Waals surface area contributed by atoms with E-state index in [0.717, 1.165) is 46.3 Å². The summed E-state index contributed by atoms with van der Waals surface area (Å²) in [5, 5.41) is 5.08. The fraction of sp³-hybridized carbons (Fsp3) is 0.423. The van der Waals surface area contributed by atoms with Crippen molar-refractivity contribution in [3.05, 3.63) is 68.0 Å². The zero-order valence-electron chi connectivity index (χ0n) is 19.7. The minimum Gasteiger partial charge on any atom is -0.361 e. The third-order valence-corrected chi connectivity index (χ3v) is 8.28. The first-order valence-electron chi connectivity index (χ1n) is 11.4. The second-order valence-electron chi connectivity index (χ2n) is 10.1. The van der Waals surface area contributed by atoms with Crippen molar-refractivity contribution in [1.82, 2.24) is 14.7 Å². The smallest absolute Gasteiger partial charge is 0.349 e. The monoisotopic (exact) mass is 465 g/mol. The first kappa shape index (κ1) is 22.0. The lowest BCUT2D eigenvalue weighted by atomic mass is 9.72. The van der Waals surface area contributed by atoms with Gasteiger partial charge in [0.25, 0.3) is 0 Å². The number of hydrogen-bond donors (Lipinski definition) is 0. The summed E-state index contributed by atoms with van der Waals surface area (Å²) < 4.78 is 20.7. The Morgan fingerprint density at radius 1 is 1.21 bits per heavy atom. The number of hydrogen-bond acceptors (Lipinski definition) is 5.